The Morgan fingerprint density at radius 2 is 1.08 bits per heavy atom. The van der Waals surface area contributed by atoms with E-state index in [9.17, 15) is 0 Å². The van der Waals surface area contributed by atoms with Crippen LogP contribution >= 0.6 is 48.8 Å². The van der Waals surface area contributed by atoms with E-state index >= 15 is 0 Å². The zero-order valence-electron chi connectivity index (χ0n) is 7.87. The van der Waals surface area contributed by atoms with Crippen molar-refractivity contribution in [1.82, 2.24) is 0 Å². The molecule has 0 rings (SSSR count). The fourth-order valence-corrected chi connectivity index (χ4v) is 3.51. The predicted octanol–water partition coefficient (Wildman–Crippen LogP) is 4.26. The van der Waals surface area contributed by atoms with Gasteiger partial charge in [-0.25, -0.2) is 0 Å². The lowest BCUT2D eigenvalue weighted by atomic mass is 10.6. The molecule has 0 bridgehead atoms. The zero-order valence-corrected chi connectivity index (χ0v) is 11.3. The molecule has 72 valence electrons. The van der Waals surface area contributed by atoms with Crippen molar-refractivity contribution in [1.29, 1.82) is 0 Å². The van der Waals surface area contributed by atoms with Crippen molar-refractivity contribution in [3.63, 3.8) is 0 Å². The monoisotopic (exact) mass is 240 g/mol. The second-order valence-corrected chi connectivity index (χ2v) is 7.62. The normalized spacial score (nSPS) is 14.0. The Hall–Kier alpha value is 1.14. The standard InChI is InChI=1S/C8H16S4/c1-5(2)11-7(9)8(10)12-6(3)4/h5-6,9-10H,1-4H3/b8-7-. The van der Waals surface area contributed by atoms with Crippen molar-refractivity contribution in [3.8, 4) is 0 Å². The lowest BCUT2D eigenvalue weighted by molar-refractivity contribution is 1.12. The van der Waals surface area contributed by atoms with Crippen LogP contribution in [0.25, 0.3) is 0 Å². The Kier molecular flexibility index (Phi) is 7.20. The van der Waals surface area contributed by atoms with Crippen LogP contribution in [0.2, 0.25) is 0 Å². The molecule has 0 nitrogen and oxygen atoms in total. The maximum atomic E-state index is 4.38. The molecule has 0 amide bonds. The van der Waals surface area contributed by atoms with Gasteiger partial charge in [-0.2, -0.15) is 0 Å². The van der Waals surface area contributed by atoms with Crippen molar-refractivity contribution in [3.05, 3.63) is 8.47 Å². The summed E-state index contributed by atoms with van der Waals surface area (Å²) in [4.78, 5) is 0. The maximum Gasteiger partial charge on any atom is 0.0571 e. The fourth-order valence-electron chi connectivity index (χ4n) is 0.547. The van der Waals surface area contributed by atoms with E-state index in [0.717, 1.165) is 8.47 Å². The van der Waals surface area contributed by atoms with Crippen molar-refractivity contribution >= 4 is 48.8 Å². The van der Waals surface area contributed by atoms with Crippen LogP contribution < -0.4 is 0 Å². The topological polar surface area (TPSA) is 0 Å². The Morgan fingerprint density at radius 3 is 1.25 bits per heavy atom. The van der Waals surface area contributed by atoms with Gasteiger partial charge in [0, 0.05) is 10.5 Å². The van der Waals surface area contributed by atoms with Crippen LogP contribution in [0.15, 0.2) is 8.47 Å². The minimum Gasteiger partial charge on any atom is -0.135 e. The molecule has 0 aromatic heterocycles. The molecule has 0 aromatic carbocycles. The molecule has 0 atom stereocenters. The molecular formula is C8H16S4. The Morgan fingerprint density at radius 1 is 0.833 bits per heavy atom. The molecule has 4 heteroatoms. The average Bonchev–Trinajstić information content (AvgIpc) is 1.84. The molecule has 0 heterocycles. The van der Waals surface area contributed by atoms with E-state index in [2.05, 4.69) is 53.0 Å². The summed E-state index contributed by atoms with van der Waals surface area (Å²) in [5, 5.41) is 1.15. The summed E-state index contributed by atoms with van der Waals surface area (Å²) < 4.78 is 2.07. The Labute approximate surface area is 95.2 Å². The van der Waals surface area contributed by atoms with E-state index in [1.54, 1.807) is 23.5 Å². The summed E-state index contributed by atoms with van der Waals surface area (Å²) >= 11 is 12.3. The highest BCUT2D eigenvalue weighted by Crippen LogP contribution is 2.36. The molecule has 0 fully saturated rings. The van der Waals surface area contributed by atoms with E-state index in [4.69, 9.17) is 0 Å². The summed E-state index contributed by atoms with van der Waals surface area (Å²) in [6.07, 6.45) is 0. The van der Waals surface area contributed by atoms with Crippen LogP contribution in [0.4, 0.5) is 0 Å². The van der Waals surface area contributed by atoms with Gasteiger partial charge >= 0.3 is 0 Å². The van der Waals surface area contributed by atoms with Crippen LogP contribution in [-0.4, -0.2) is 10.5 Å². The van der Waals surface area contributed by atoms with Crippen LogP contribution in [0.1, 0.15) is 27.7 Å². The molecule has 0 aliphatic heterocycles. The van der Waals surface area contributed by atoms with Crippen LogP contribution in [-0.2, 0) is 0 Å². The zero-order chi connectivity index (χ0) is 9.72. The molecule has 0 saturated heterocycles. The van der Waals surface area contributed by atoms with Gasteiger partial charge in [-0.05, 0) is 0 Å². The second-order valence-electron chi connectivity index (χ2n) is 2.94. The lowest BCUT2D eigenvalue weighted by Crippen LogP contribution is -1.88. The molecular weight excluding hydrogens is 224 g/mol. The minimum atomic E-state index is 0.576. The maximum absolute atomic E-state index is 4.38. The average molecular weight is 240 g/mol. The van der Waals surface area contributed by atoms with E-state index in [1.807, 2.05) is 0 Å². The highest BCUT2D eigenvalue weighted by molar-refractivity contribution is 8.21. The predicted molar refractivity (Wildman–Crippen MR) is 70.5 cm³/mol. The molecule has 0 unspecified atom stereocenters. The smallest absolute Gasteiger partial charge is 0.0571 e. The Balaban J connectivity index is 4.06. The van der Waals surface area contributed by atoms with Gasteiger partial charge in [0.15, 0.2) is 0 Å². The van der Waals surface area contributed by atoms with E-state index in [0.29, 0.717) is 10.5 Å². The summed E-state index contributed by atoms with van der Waals surface area (Å²) in [6.45, 7) is 8.62. The molecule has 0 radical (unpaired) electrons. The van der Waals surface area contributed by atoms with Gasteiger partial charge in [0.25, 0.3) is 0 Å². The third kappa shape index (κ3) is 6.63. The van der Waals surface area contributed by atoms with Crippen molar-refractivity contribution in [2.75, 3.05) is 0 Å². The largest absolute Gasteiger partial charge is 0.135 e. The van der Waals surface area contributed by atoms with Crippen LogP contribution in [0.3, 0.4) is 0 Å². The van der Waals surface area contributed by atoms with Crippen LogP contribution in [0.5, 0.6) is 0 Å². The number of rotatable bonds is 4. The number of thiol groups is 2. The number of hydrogen-bond acceptors (Lipinski definition) is 4. The second kappa shape index (κ2) is 6.57. The summed E-state index contributed by atoms with van der Waals surface area (Å²) in [5.74, 6) is 0. The first-order valence-electron chi connectivity index (χ1n) is 3.89. The highest BCUT2D eigenvalue weighted by Gasteiger charge is 2.05. The summed E-state index contributed by atoms with van der Waals surface area (Å²) in [6, 6.07) is 0. The molecule has 12 heavy (non-hydrogen) atoms. The van der Waals surface area contributed by atoms with E-state index in [-0.39, 0.29) is 0 Å². The van der Waals surface area contributed by atoms with Crippen molar-refractivity contribution < 1.29 is 0 Å². The van der Waals surface area contributed by atoms with Gasteiger partial charge in [-0.15, -0.1) is 48.8 Å². The number of thioether (sulfide) groups is 2. The van der Waals surface area contributed by atoms with Crippen molar-refractivity contribution in [2.45, 2.75) is 38.2 Å². The SMILES string of the molecule is CC(C)S/C(S)=C(/S)SC(C)C. The van der Waals surface area contributed by atoms with Gasteiger partial charge in [0.2, 0.25) is 0 Å². The van der Waals surface area contributed by atoms with Gasteiger partial charge in [0.05, 0.1) is 8.47 Å². The van der Waals surface area contributed by atoms with Crippen LogP contribution in [0, 0.1) is 0 Å². The van der Waals surface area contributed by atoms with Gasteiger partial charge in [-0.1, -0.05) is 27.7 Å². The minimum absolute atomic E-state index is 0.576. The molecule has 0 spiro atoms. The Bertz CT molecular complexity index is 142. The van der Waals surface area contributed by atoms with E-state index in [1.165, 1.54) is 0 Å². The summed E-state index contributed by atoms with van der Waals surface area (Å²) in [5.41, 5.74) is 0. The quantitative estimate of drug-likeness (QED) is 0.705. The molecule has 0 saturated carbocycles. The lowest BCUT2D eigenvalue weighted by Gasteiger charge is -2.09. The first-order chi connectivity index (χ1) is 5.43. The number of hydrogen-bond donors (Lipinski definition) is 2. The van der Waals surface area contributed by atoms with Gasteiger partial charge in [-0.3, -0.25) is 0 Å². The van der Waals surface area contributed by atoms with E-state index < -0.39 is 0 Å². The fraction of sp³-hybridized carbons (Fsp3) is 0.750. The molecule has 0 N–H and O–H groups in total. The molecule has 0 aliphatic carbocycles. The highest BCUT2D eigenvalue weighted by atomic mass is 32.2. The summed E-state index contributed by atoms with van der Waals surface area (Å²) in [7, 11) is 0. The first kappa shape index (κ1) is 13.1. The third-order valence-corrected chi connectivity index (χ3v) is 4.36. The first-order valence-corrected chi connectivity index (χ1v) is 6.54. The van der Waals surface area contributed by atoms with Crippen molar-refractivity contribution in [2.24, 2.45) is 0 Å². The molecule has 0 aliphatic rings. The van der Waals surface area contributed by atoms with Gasteiger partial charge < -0.3 is 0 Å². The molecule has 0 aromatic rings. The third-order valence-electron chi connectivity index (χ3n) is 0.878. The van der Waals surface area contributed by atoms with Gasteiger partial charge in [0.1, 0.15) is 0 Å².